The Kier molecular flexibility index (Phi) is 5.08. The van der Waals surface area contributed by atoms with E-state index in [0.717, 1.165) is 21.5 Å². The topological polar surface area (TPSA) is 3.24 Å². The predicted octanol–water partition coefficient (Wildman–Crippen LogP) is 8.74. The molecule has 0 saturated heterocycles. The molecule has 0 N–H and O–H groups in total. The maximum Gasteiger partial charge on any atom is 0.0603 e. The van der Waals surface area contributed by atoms with E-state index < -0.39 is 0 Å². The molecule has 0 saturated carbocycles. The van der Waals surface area contributed by atoms with Gasteiger partial charge in [0.2, 0.25) is 0 Å². The van der Waals surface area contributed by atoms with Crippen LogP contribution in [0.15, 0.2) is 126 Å². The van der Waals surface area contributed by atoms with Crippen molar-refractivity contribution in [2.45, 2.75) is 0 Å². The van der Waals surface area contributed by atoms with Crippen molar-refractivity contribution in [3.05, 3.63) is 126 Å². The van der Waals surface area contributed by atoms with Crippen LogP contribution in [-0.4, -0.2) is 0 Å². The minimum atomic E-state index is 1.06. The van der Waals surface area contributed by atoms with Crippen molar-refractivity contribution in [1.29, 1.82) is 0 Å². The molecule has 0 unspecified atom stereocenters. The number of anilines is 3. The van der Waals surface area contributed by atoms with Gasteiger partial charge < -0.3 is 4.90 Å². The van der Waals surface area contributed by atoms with Gasteiger partial charge in [-0.15, -0.1) is 0 Å². The molecule has 2 heteroatoms. The molecule has 0 heterocycles. The molecule has 5 aromatic rings. The lowest BCUT2D eigenvalue weighted by atomic mass is 10.0. The summed E-state index contributed by atoms with van der Waals surface area (Å²) in [5.41, 5.74) is 5.83. The molecule has 0 atom stereocenters. The zero-order valence-electron chi connectivity index (χ0n) is 16.4. The van der Waals surface area contributed by atoms with Crippen LogP contribution >= 0.6 is 15.9 Å². The largest absolute Gasteiger partial charge is 0.309 e. The predicted molar refractivity (Wildman–Crippen MR) is 132 cm³/mol. The Hall–Kier alpha value is -3.36. The average Bonchev–Trinajstić information content (AvgIpc) is 2.82. The number of fused-ring (bicyclic) bond motifs is 1. The first kappa shape index (κ1) is 18.7. The number of para-hydroxylation sites is 1. The highest BCUT2D eigenvalue weighted by Gasteiger charge is 2.17. The summed E-state index contributed by atoms with van der Waals surface area (Å²) in [6.07, 6.45) is 0. The van der Waals surface area contributed by atoms with Gasteiger partial charge in [-0.1, -0.05) is 91.0 Å². The Bertz CT molecular complexity index is 1290. The van der Waals surface area contributed by atoms with Crippen LogP contribution in [0.25, 0.3) is 21.9 Å². The van der Waals surface area contributed by atoms with Crippen LogP contribution in [0.4, 0.5) is 17.1 Å². The lowest BCUT2D eigenvalue weighted by molar-refractivity contribution is 1.29. The highest BCUT2D eigenvalue weighted by atomic mass is 79.9. The van der Waals surface area contributed by atoms with Gasteiger partial charge in [0.05, 0.1) is 11.4 Å². The Morgan fingerprint density at radius 3 is 1.87 bits per heavy atom. The van der Waals surface area contributed by atoms with Crippen LogP contribution in [0.3, 0.4) is 0 Å². The van der Waals surface area contributed by atoms with Crippen molar-refractivity contribution in [3.8, 4) is 11.1 Å². The summed E-state index contributed by atoms with van der Waals surface area (Å²) in [5.74, 6) is 0. The van der Waals surface area contributed by atoms with Crippen LogP contribution in [-0.2, 0) is 0 Å². The summed E-state index contributed by atoms with van der Waals surface area (Å²) in [5, 5.41) is 2.45. The highest BCUT2D eigenvalue weighted by molar-refractivity contribution is 9.10. The molecule has 0 bridgehead atoms. The fourth-order valence-corrected chi connectivity index (χ4v) is 4.34. The second-order valence-corrected chi connectivity index (χ2v) is 8.05. The molecule has 0 spiro atoms. The Balaban J connectivity index is 1.69. The summed E-state index contributed by atoms with van der Waals surface area (Å²) in [6, 6.07) is 42.7. The van der Waals surface area contributed by atoms with Gasteiger partial charge in [-0.25, -0.2) is 0 Å². The number of halogens is 1. The quantitative estimate of drug-likeness (QED) is 0.265. The fraction of sp³-hybridized carbons (Fsp3) is 0. The van der Waals surface area contributed by atoms with E-state index in [1.54, 1.807) is 0 Å². The van der Waals surface area contributed by atoms with Crippen LogP contribution < -0.4 is 4.90 Å². The van der Waals surface area contributed by atoms with Crippen molar-refractivity contribution in [2.24, 2.45) is 0 Å². The zero-order chi connectivity index (χ0) is 20.3. The molecule has 0 aromatic heterocycles. The maximum absolute atomic E-state index is 3.77. The van der Waals surface area contributed by atoms with Crippen molar-refractivity contribution >= 4 is 43.8 Å². The fourth-order valence-electron chi connectivity index (χ4n) is 3.88. The number of hydrogen-bond acceptors (Lipinski definition) is 1. The summed E-state index contributed by atoms with van der Waals surface area (Å²) in [7, 11) is 0. The summed E-state index contributed by atoms with van der Waals surface area (Å²) < 4.78 is 1.06. The summed E-state index contributed by atoms with van der Waals surface area (Å²) in [6.45, 7) is 0. The van der Waals surface area contributed by atoms with Gasteiger partial charge in [-0.05, 0) is 62.8 Å². The van der Waals surface area contributed by atoms with E-state index in [-0.39, 0.29) is 0 Å². The Morgan fingerprint density at radius 1 is 0.467 bits per heavy atom. The van der Waals surface area contributed by atoms with Crippen molar-refractivity contribution < 1.29 is 0 Å². The molecular formula is C28H20BrN. The highest BCUT2D eigenvalue weighted by Crippen LogP contribution is 2.42. The molecule has 0 amide bonds. The number of hydrogen-bond donors (Lipinski definition) is 0. The van der Waals surface area contributed by atoms with Gasteiger partial charge in [0.1, 0.15) is 0 Å². The van der Waals surface area contributed by atoms with Crippen molar-refractivity contribution in [1.82, 2.24) is 0 Å². The third-order valence-electron chi connectivity index (χ3n) is 5.33. The van der Waals surface area contributed by atoms with E-state index >= 15 is 0 Å². The summed E-state index contributed by atoms with van der Waals surface area (Å²) >= 11 is 3.77. The standard InChI is InChI=1S/C28H20BrN/c29-26-14-6-7-15-28(26)30(27-16-8-12-23-11-4-5-13-25(23)27)24-19-17-22(18-20-24)21-9-2-1-3-10-21/h1-20H. The first-order valence-electron chi connectivity index (χ1n) is 9.99. The van der Waals surface area contributed by atoms with Gasteiger partial charge in [0.25, 0.3) is 0 Å². The van der Waals surface area contributed by atoms with Crippen molar-refractivity contribution in [2.75, 3.05) is 4.90 Å². The Labute approximate surface area is 185 Å². The number of rotatable bonds is 4. The zero-order valence-corrected chi connectivity index (χ0v) is 18.0. The van der Waals surface area contributed by atoms with Crippen LogP contribution in [0, 0.1) is 0 Å². The molecule has 144 valence electrons. The van der Waals surface area contributed by atoms with Gasteiger partial charge in [0, 0.05) is 15.5 Å². The first-order chi connectivity index (χ1) is 14.8. The lowest BCUT2D eigenvalue weighted by Crippen LogP contribution is -2.11. The van der Waals surface area contributed by atoms with E-state index in [1.165, 1.54) is 21.9 Å². The molecule has 30 heavy (non-hydrogen) atoms. The minimum Gasteiger partial charge on any atom is -0.309 e. The van der Waals surface area contributed by atoms with E-state index in [9.17, 15) is 0 Å². The van der Waals surface area contributed by atoms with Gasteiger partial charge in [0.15, 0.2) is 0 Å². The third kappa shape index (κ3) is 3.51. The summed E-state index contributed by atoms with van der Waals surface area (Å²) in [4.78, 5) is 2.32. The molecule has 0 aliphatic rings. The molecule has 5 aromatic carbocycles. The lowest BCUT2D eigenvalue weighted by Gasteiger charge is -2.28. The molecule has 5 rings (SSSR count). The average molecular weight is 450 g/mol. The Morgan fingerprint density at radius 2 is 1.07 bits per heavy atom. The number of nitrogens with zero attached hydrogens (tertiary/aromatic N) is 1. The SMILES string of the molecule is Brc1ccccc1N(c1ccc(-c2ccccc2)cc1)c1cccc2ccccc12. The molecule has 0 aliphatic carbocycles. The van der Waals surface area contributed by atoms with Gasteiger partial charge in [-0.3, -0.25) is 0 Å². The van der Waals surface area contributed by atoms with E-state index in [2.05, 4.69) is 130 Å². The minimum absolute atomic E-state index is 1.06. The molecule has 1 nitrogen and oxygen atoms in total. The third-order valence-corrected chi connectivity index (χ3v) is 6.00. The number of benzene rings is 5. The first-order valence-corrected chi connectivity index (χ1v) is 10.8. The van der Waals surface area contributed by atoms with Crippen LogP contribution in [0.2, 0.25) is 0 Å². The smallest absolute Gasteiger partial charge is 0.0603 e. The van der Waals surface area contributed by atoms with Gasteiger partial charge >= 0.3 is 0 Å². The maximum atomic E-state index is 3.77. The second-order valence-electron chi connectivity index (χ2n) is 7.20. The second kappa shape index (κ2) is 8.17. The van der Waals surface area contributed by atoms with E-state index in [4.69, 9.17) is 0 Å². The molecule has 0 radical (unpaired) electrons. The molecule has 0 fully saturated rings. The molecular weight excluding hydrogens is 430 g/mol. The van der Waals surface area contributed by atoms with Gasteiger partial charge in [-0.2, -0.15) is 0 Å². The van der Waals surface area contributed by atoms with E-state index in [0.29, 0.717) is 0 Å². The molecule has 0 aliphatic heterocycles. The van der Waals surface area contributed by atoms with Crippen LogP contribution in [0.5, 0.6) is 0 Å². The van der Waals surface area contributed by atoms with Crippen LogP contribution in [0.1, 0.15) is 0 Å². The monoisotopic (exact) mass is 449 g/mol. The van der Waals surface area contributed by atoms with Crippen molar-refractivity contribution in [3.63, 3.8) is 0 Å². The van der Waals surface area contributed by atoms with E-state index in [1.807, 2.05) is 12.1 Å². The normalized spacial score (nSPS) is 10.8.